The third-order valence-corrected chi connectivity index (χ3v) is 3.55. The maximum atomic E-state index is 13.3. The fourth-order valence-corrected chi connectivity index (χ4v) is 2.53. The van der Waals surface area contributed by atoms with Crippen LogP contribution in [0.4, 0.5) is 13.2 Å². The molecule has 1 fully saturated rings. The molecule has 2 unspecified atom stereocenters. The Morgan fingerprint density at radius 3 is 2.60 bits per heavy atom. The van der Waals surface area contributed by atoms with E-state index in [1.54, 1.807) is 0 Å². The fourth-order valence-electron chi connectivity index (χ4n) is 2.53. The van der Waals surface area contributed by atoms with Crippen molar-refractivity contribution < 1.29 is 18.0 Å². The van der Waals surface area contributed by atoms with E-state index >= 15 is 0 Å². The van der Waals surface area contributed by atoms with E-state index in [-0.39, 0.29) is 17.9 Å². The monoisotopic (exact) mass is 286 g/mol. The smallest absolute Gasteiger partial charge is 0.237 e. The fraction of sp³-hybridized carbons (Fsp3) is 0.500. The zero-order valence-corrected chi connectivity index (χ0v) is 11.2. The van der Waals surface area contributed by atoms with Crippen LogP contribution >= 0.6 is 0 Å². The van der Waals surface area contributed by atoms with Crippen LogP contribution < -0.4 is 10.6 Å². The lowest BCUT2D eigenvalue weighted by Crippen LogP contribution is -2.48. The summed E-state index contributed by atoms with van der Waals surface area (Å²) in [6.07, 6.45) is 1.09. The Morgan fingerprint density at radius 2 is 2.00 bits per heavy atom. The van der Waals surface area contributed by atoms with Crippen molar-refractivity contribution in [2.45, 2.75) is 31.7 Å². The van der Waals surface area contributed by atoms with Crippen molar-refractivity contribution in [2.75, 3.05) is 13.1 Å². The zero-order valence-electron chi connectivity index (χ0n) is 11.2. The molecule has 0 radical (unpaired) electrons. The molecular formula is C14H17F3N2O. The molecule has 3 nitrogen and oxygen atoms in total. The predicted molar refractivity (Wildman–Crippen MR) is 68.8 cm³/mol. The van der Waals surface area contributed by atoms with Crippen LogP contribution in [0.25, 0.3) is 0 Å². The summed E-state index contributed by atoms with van der Waals surface area (Å²) in [5.74, 6) is -4.11. The molecule has 1 aromatic carbocycles. The molecule has 0 aromatic heterocycles. The van der Waals surface area contributed by atoms with Gasteiger partial charge in [-0.25, -0.2) is 13.2 Å². The molecule has 0 bridgehead atoms. The maximum absolute atomic E-state index is 13.3. The average molecular weight is 286 g/mol. The van der Waals surface area contributed by atoms with E-state index in [0.29, 0.717) is 31.5 Å². The van der Waals surface area contributed by atoms with Crippen molar-refractivity contribution in [1.82, 2.24) is 10.6 Å². The Bertz CT molecular complexity index is 484. The summed E-state index contributed by atoms with van der Waals surface area (Å²) in [7, 11) is 0. The summed E-state index contributed by atoms with van der Waals surface area (Å²) in [5.41, 5.74) is 0.400. The van der Waals surface area contributed by atoms with Gasteiger partial charge < -0.3 is 10.6 Å². The molecule has 2 rings (SSSR count). The number of hydrogen-bond donors (Lipinski definition) is 2. The standard InChI is InChI=1S/C14H17F3N2O/c1-2-18-14(20)12-7-8(3-4-19-12)9-5-10(15)13(17)11(16)6-9/h5-6,8,12,19H,2-4,7H2,1H3,(H,18,20). The topological polar surface area (TPSA) is 41.1 Å². The number of likely N-dealkylation sites (N-methyl/N-ethyl adjacent to an activating group) is 1. The summed E-state index contributed by atoms with van der Waals surface area (Å²) in [6.45, 7) is 2.93. The van der Waals surface area contributed by atoms with Gasteiger partial charge in [-0.2, -0.15) is 0 Å². The summed E-state index contributed by atoms with van der Waals surface area (Å²) < 4.78 is 39.5. The maximum Gasteiger partial charge on any atom is 0.237 e. The molecule has 1 saturated heterocycles. The number of carbonyl (C=O) groups excluding carboxylic acids is 1. The Kier molecular flexibility index (Phi) is 4.65. The van der Waals surface area contributed by atoms with E-state index in [0.717, 1.165) is 12.1 Å². The minimum Gasteiger partial charge on any atom is -0.355 e. The van der Waals surface area contributed by atoms with Crippen LogP contribution in [0.5, 0.6) is 0 Å². The highest BCUT2D eigenvalue weighted by Gasteiger charge is 2.28. The number of carbonyl (C=O) groups is 1. The number of nitrogens with one attached hydrogen (secondary N) is 2. The Labute approximate surface area is 115 Å². The van der Waals surface area contributed by atoms with Crippen molar-refractivity contribution in [3.05, 3.63) is 35.1 Å². The van der Waals surface area contributed by atoms with Crippen LogP contribution in [0.15, 0.2) is 12.1 Å². The molecule has 6 heteroatoms. The van der Waals surface area contributed by atoms with Crippen molar-refractivity contribution in [2.24, 2.45) is 0 Å². The normalized spacial score (nSPS) is 22.6. The average Bonchev–Trinajstić information content (AvgIpc) is 2.44. The first kappa shape index (κ1) is 14.8. The number of piperidine rings is 1. The minimum absolute atomic E-state index is 0.125. The molecule has 1 aliphatic rings. The van der Waals surface area contributed by atoms with E-state index in [1.165, 1.54) is 0 Å². The third-order valence-electron chi connectivity index (χ3n) is 3.55. The van der Waals surface area contributed by atoms with Gasteiger partial charge in [-0.05, 0) is 49.9 Å². The predicted octanol–water partition coefficient (Wildman–Crippen LogP) is 2.08. The first-order chi connectivity index (χ1) is 9.52. The molecular weight excluding hydrogens is 269 g/mol. The van der Waals surface area contributed by atoms with Crippen LogP contribution in [0.3, 0.4) is 0 Å². The van der Waals surface area contributed by atoms with Gasteiger partial charge in [-0.3, -0.25) is 4.79 Å². The Balaban J connectivity index is 2.15. The molecule has 2 N–H and O–H groups in total. The second kappa shape index (κ2) is 6.26. The second-order valence-electron chi connectivity index (χ2n) is 4.92. The van der Waals surface area contributed by atoms with Gasteiger partial charge in [-0.1, -0.05) is 0 Å². The van der Waals surface area contributed by atoms with Gasteiger partial charge in [0.05, 0.1) is 6.04 Å². The summed E-state index contributed by atoms with van der Waals surface area (Å²) in [6, 6.07) is 1.65. The van der Waals surface area contributed by atoms with Crippen LogP contribution in [0.2, 0.25) is 0 Å². The molecule has 1 aromatic rings. The molecule has 2 atom stereocenters. The Morgan fingerprint density at radius 1 is 1.35 bits per heavy atom. The van der Waals surface area contributed by atoms with E-state index in [1.807, 2.05) is 6.92 Å². The van der Waals surface area contributed by atoms with Gasteiger partial charge in [0.1, 0.15) is 0 Å². The van der Waals surface area contributed by atoms with Crippen molar-refractivity contribution in [1.29, 1.82) is 0 Å². The number of amides is 1. The van der Waals surface area contributed by atoms with Gasteiger partial charge >= 0.3 is 0 Å². The van der Waals surface area contributed by atoms with Gasteiger partial charge in [0.25, 0.3) is 0 Å². The molecule has 0 aliphatic carbocycles. The van der Waals surface area contributed by atoms with Gasteiger partial charge in [0.2, 0.25) is 5.91 Å². The highest BCUT2D eigenvalue weighted by atomic mass is 19.2. The zero-order chi connectivity index (χ0) is 14.7. The van der Waals surface area contributed by atoms with Crippen LogP contribution in [-0.2, 0) is 4.79 Å². The first-order valence-corrected chi connectivity index (χ1v) is 6.68. The van der Waals surface area contributed by atoms with Crippen molar-refractivity contribution in [3.8, 4) is 0 Å². The quantitative estimate of drug-likeness (QED) is 0.835. The van der Waals surface area contributed by atoms with E-state index in [9.17, 15) is 18.0 Å². The number of benzene rings is 1. The van der Waals surface area contributed by atoms with Crippen LogP contribution in [0, 0.1) is 17.5 Å². The van der Waals surface area contributed by atoms with Gasteiger partial charge in [0.15, 0.2) is 17.5 Å². The van der Waals surface area contributed by atoms with Crippen LogP contribution in [0.1, 0.15) is 31.2 Å². The largest absolute Gasteiger partial charge is 0.355 e. The number of hydrogen-bond acceptors (Lipinski definition) is 2. The number of halogens is 3. The first-order valence-electron chi connectivity index (χ1n) is 6.68. The molecule has 0 saturated carbocycles. The Hall–Kier alpha value is -1.56. The highest BCUT2D eigenvalue weighted by molar-refractivity contribution is 5.81. The lowest BCUT2D eigenvalue weighted by molar-refractivity contribution is -0.123. The van der Waals surface area contributed by atoms with Crippen molar-refractivity contribution in [3.63, 3.8) is 0 Å². The van der Waals surface area contributed by atoms with Gasteiger partial charge in [-0.15, -0.1) is 0 Å². The van der Waals surface area contributed by atoms with Gasteiger partial charge in [0, 0.05) is 6.54 Å². The number of rotatable bonds is 3. The van der Waals surface area contributed by atoms with E-state index < -0.39 is 17.5 Å². The molecule has 110 valence electrons. The minimum atomic E-state index is -1.46. The summed E-state index contributed by atoms with van der Waals surface area (Å²) in [5, 5.41) is 5.78. The molecule has 0 spiro atoms. The van der Waals surface area contributed by atoms with E-state index in [2.05, 4.69) is 10.6 Å². The highest BCUT2D eigenvalue weighted by Crippen LogP contribution is 2.29. The summed E-state index contributed by atoms with van der Waals surface area (Å²) >= 11 is 0. The third kappa shape index (κ3) is 3.12. The molecule has 1 amide bonds. The second-order valence-corrected chi connectivity index (χ2v) is 4.92. The lowest BCUT2D eigenvalue weighted by atomic mass is 9.86. The SMILES string of the molecule is CCNC(=O)C1CC(c2cc(F)c(F)c(F)c2)CCN1. The molecule has 20 heavy (non-hydrogen) atoms. The lowest BCUT2D eigenvalue weighted by Gasteiger charge is -2.29. The van der Waals surface area contributed by atoms with Crippen molar-refractivity contribution >= 4 is 5.91 Å². The summed E-state index contributed by atoms with van der Waals surface area (Å²) in [4.78, 5) is 11.8. The van der Waals surface area contributed by atoms with Crippen LogP contribution in [-0.4, -0.2) is 25.0 Å². The molecule has 1 aliphatic heterocycles. The van der Waals surface area contributed by atoms with E-state index in [4.69, 9.17) is 0 Å². The molecule has 1 heterocycles.